The summed E-state index contributed by atoms with van der Waals surface area (Å²) in [4.78, 5) is 10.0. The van der Waals surface area contributed by atoms with E-state index >= 15 is 0 Å². The van der Waals surface area contributed by atoms with Crippen LogP contribution < -0.4 is 5.32 Å². The number of benzene rings is 1. The summed E-state index contributed by atoms with van der Waals surface area (Å²) in [5.41, 5.74) is -0.0117. The summed E-state index contributed by atoms with van der Waals surface area (Å²) < 4.78 is 25.4. The average molecular weight is 187 g/mol. The highest BCUT2D eigenvalue weighted by Gasteiger charge is 2.04. The van der Waals surface area contributed by atoms with Crippen LogP contribution in [0, 0.1) is 11.6 Å². The normalized spacial score (nSPS) is 9.69. The monoisotopic (exact) mass is 187 g/mol. The summed E-state index contributed by atoms with van der Waals surface area (Å²) in [5, 5.41) is 10.1. The number of nitrogens with one attached hydrogen (secondary N) is 1. The molecule has 0 aliphatic heterocycles. The number of amides is 1. The smallest absolute Gasteiger partial charge is 0.404 e. The molecule has 0 heterocycles. The minimum atomic E-state index is -1.27. The summed E-state index contributed by atoms with van der Waals surface area (Å²) in [5.74, 6) is -1.22. The Bertz CT molecular complexity index is 328. The van der Waals surface area contributed by atoms with E-state index in [-0.39, 0.29) is 12.1 Å². The molecule has 0 aliphatic rings. The Balaban J connectivity index is 2.75. The minimum absolute atomic E-state index is 0.0117. The van der Waals surface area contributed by atoms with Gasteiger partial charge in [-0.1, -0.05) is 0 Å². The minimum Gasteiger partial charge on any atom is -0.465 e. The standard InChI is InChI=1S/C8H7F2NO2/c9-6-1-2-7(10)5(3-6)4-11-8(12)13/h1-3,11H,4H2,(H,12,13). The Kier molecular flexibility index (Phi) is 2.79. The van der Waals surface area contributed by atoms with Gasteiger partial charge >= 0.3 is 6.09 Å². The van der Waals surface area contributed by atoms with Crippen molar-refractivity contribution < 1.29 is 18.7 Å². The van der Waals surface area contributed by atoms with Crippen LogP contribution in [-0.2, 0) is 6.54 Å². The molecule has 0 atom stereocenters. The molecular weight excluding hydrogens is 180 g/mol. The predicted octanol–water partition coefficient (Wildman–Crippen LogP) is 1.73. The highest BCUT2D eigenvalue weighted by molar-refractivity contribution is 5.64. The molecule has 0 aromatic heterocycles. The van der Waals surface area contributed by atoms with Crippen molar-refractivity contribution in [3.05, 3.63) is 35.4 Å². The average Bonchev–Trinajstić information content (AvgIpc) is 2.06. The highest BCUT2D eigenvalue weighted by atomic mass is 19.1. The Morgan fingerprint density at radius 3 is 2.77 bits per heavy atom. The van der Waals surface area contributed by atoms with Crippen molar-refractivity contribution in [2.24, 2.45) is 0 Å². The van der Waals surface area contributed by atoms with E-state index in [0.717, 1.165) is 18.2 Å². The summed E-state index contributed by atoms with van der Waals surface area (Å²) in [7, 11) is 0. The van der Waals surface area contributed by atoms with Crippen molar-refractivity contribution in [3.63, 3.8) is 0 Å². The summed E-state index contributed by atoms with van der Waals surface area (Å²) >= 11 is 0. The fourth-order valence-electron chi connectivity index (χ4n) is 0.850. The largest absolute Gasteiger partial charge is 0.465 e. The molecule has 1 aromatic carbocycles. The predicted molar refractivity (Wildman–Crippen MR) is 41.2 cm³/mol. The molecule has 0 aliphatic carbocycles. The van der Waals surface area contributed by atoms with E-state index in [1.165, 1.54) is 0 Å². The lowest BCUT2D eigenvalue weighted by Crippen LogP contribution is -2.20. The second kappa shape index (κ2) is 3.84. The number of halogens is 2. The fourth-order valence-corrected chi connectivity index (χ4v) is 0.850. The second-order valence-electron chi connectivity index (χ2n) is 2.39. The van der Waals surface area contributed by atoms with Gasteiger partial charge in [0.15, 0.2) is 0 Å². The van der Waals surface area contributed by atoms with E-state index in [4.69, 9.17) is 5.11 Å². The van der Waals surface area contributed by atoms with Crippen LogP contribution in [0.3, 0.4) is 0 Å². The molecule has 1 rings (SSSR count). The Hall–Kier alpha value is -1.65. The molecule has 13 heavy (non-hydrogen) atoms. The van der Waals surface area contributed by atoms with E-state index in [1.807, 2.05) is 5.32 Å². The van der Waals surface area contributed by atoms with Crippen LogP contribution in [0.4, 0.5) is 13.6 Å². The van der Waals surface area contributed by atoms with Crippen molar-refractivity contribution in [3.8, 4) is 0 Å². The van der Waals surface area contributed by atoms with Crippen molar-refractivity contribution in [1.82, 2.24) is 5.32 Å². The zero-order valence-corrected chi connectivity index (χ0v) is 6.55. The molecule has 5 heteroatoms. The first-order valence-electron chi connectivity index (χ1n) is 3.50. The molecule has 1 amide bonds. The molecule has 3 nitrogen and oxygen atoms in total. The van der Waals surface area contributed by atoms with Crippen molar-refractivity contribution in [2.45, 2.75) is 6.54 Å². The molecule has 0 saturated heterocycles. The Morgan fingerprint density at radius 2 is 2.15 bits per heavy atom. The molecule has 0 radical (unpaired) electrons. The molecule has 0 bridgehead atoms. The van der Waals surface area contributed by atoms with Gasteiger partial charge in [0.2, 0.25) is 0 Å². The van der Waals surface area contributed by atoms with E-state index in [9.17, 15) is 13.6 Å². The lowest BCUT2D eigenvalue weighted by atomic mass is 10.2. The maximum atomic E-state index is 12.8. The molecule has 70 valence electrons. The first-order chi connectivity index (χ1) is 6.09. The zero-order valence-electron chi connectivity index (χ0n) is 6.55. The molecule has 0 fully saturated rings. The SMILES string of the molecule is O=C(O)NCc1cc(F)ccc1F. The third-order valence-corrected chi connectivity index (χ3v) is 1.44. The van der Waals surface area contributed by atoms with Crippen LogP contribution in [0.1, 0.15) is 5.56 Å². The van der Waals surface area contributed by atoms with Crippen LogP contribution in [-0.4, -0.2) is 11.2 Å². The molecule has 0 saturated carbocycles. The van der Waals surface area contributed by atoms with Crippen LogP contribution in [0.5, 0.6) is 0 Å². The second-order valence-corrected chi connectivity index (χ2v) is 2.39. The molecule has 0 unspecified atom stereocenters. The van der Waals surface area contributed by atoms with Gasteiger partial charge in [-0.2, -0.15) is 0 Å². The van der Waals surface area contributed by atoms with Gasteiger partial charge < -0.3 is 10.4 Å². The van der Waals surface area contributed by atoms with Gasteiger partial charge in [-0.25, -0.2) is 13.6 Å². The van der Waals surface area contributed by atoms with Crippen LogP contribution >= 0.6 is 0 Å². The van der Waals surface area contributed by atoms with Crippen LogP contribution in [0.15, 0.2) is 18.2 Å². The van der Waals surface area contributed by atoms with Crippen molar-refractivity contribution >= 4 is 6.09 Å². The molecule has 1 aromatic rings. The maximum absolute atomic E-state index is 12.8. The van der Waals surface area contributed by atoms with Gasteiger partial charge in [0.25, 0.3) is 0 Å². The topological polar surface area (TPSA) is 49.3 Å². The van der Waals surface area contributed by atoms with E-state index < -0.39 is 17.7 Å². The first kappa shape index (κ1) is 9.44. The molecule has 0 spiro atoms. The van der Waals surface area contributed by atoms with Crippen molar-refractivity contribution in [1.29, 1.82) is 0 Å². The third kappa shape index (κ3) is 2.70. The van der Waals surface area contributed by atoms with Gasteiger partial charge in [0.05, 0.1) is 0 Å². The maximum Gasteiger partial charge on any atom is 0.404 e. The number of carboxylic acid groups (broad SMARTS) is 1. The Labute approximate surface area is 73.0 Å². The number of hydrogen-bond donors (Lipinski definition) is 2. The number of hydrogen-bond acceptors (Lipinski definition) is 1. The van der Waals surface area contributed by atoms with E-state index in [2.05, 4.69) is 0 Å². The highest BCUT2D eigenvalue weighted by Crippen LogP contribution is 2.08. The molecular formula is C8H7F2NO2. The van der Waals surface area contributed by atoms with E-state index in [0.29, 0.717) is 0 Å². The lowest BCUT2D eigenvalue weighted by Gasteiger charge is -2.02. The molecule has 2 N–H and O–H groups in total. The third-order valence-electron chi connectivity index (χ3n) is 1.44. The quantitative estimate of drug-likeness (QED) is 0.740. The van der Waals surface area contributed by atoms with Gasteiger partial charge in [-0.05, 0) is 18.2 Å². The number of rotatable bonds is 2. The summed E-state index contributed by atoms with van der Waals surface area (Å²) in [6.45, 7) is -0.237. The van der Waals surface area contributed by atoms with Gasteiger partial charge in [0.1, 0.15) is 11.6 Å². The van der Waals surface area contributed by atoms with Gasteiger partial charge in [0, 0.05) is 12.1 Å². The summed E-state index contributed by atoms with van der Waals surface area (Å²) in [6, 6.07) is 2.87. The van der Waals surface area contributed by atoms with Gasteiger partial charge in [-0.15, -0.1) is 0 Å². The Morgan fingerprint density at radius 1 is 1.46 bits per heavy atom. The van der Waals surface area contributed by atoms with Crippen LogP contribution in [0.2, 0.25) is 0 Å². The zero-order chi connectivity index (χ0) is 9.84. The number of carbonyl (C=O) groups is 1. The first-order valence-corrected chi connectivity index (χ1v) is 3.50. The van der Waals surface area contributed by atoms with Gasteiger partial charge in [-0.3, -0.25) is 0 Å². The fraction of sp³-hybridized carbons (Fsp3) is 0.125. The van der Waals surface area contributed by atoms with E-state index in [1.54, 1.807) is 0 Å². The summed E-state index contributed by atoms with van der Waals surface area (Å²) in [6.07, 6.45) is -1.27. The van der Waals surface area contributed by atoms with Crippen molar-refractivity contribution in [2.75, 3.05) is 0 Å². The van der Waals surface area contributed by atoms with Crippen LogP contribution in [0.25, 0.3) is 0 Å². The lowest BCUT2D eigenvalue weighted by molar-refractivity contribution is 0.194.